The molecule has 1 rings (SSSR count). The minimum atomic E-state index is 0.277. The average Bonchev–Trinajstić information content (AvgIpc) is 2.91. The smallest absolute Gasteiger partial charge is 0.0733 e. The van der Waals surface area contributed by atoms with Crippen molar-refractivity contribution in [1.29, 1.82) is 0 Å². The van der Waals surface area contributed by atoms with E-state index in [1.165, 1.54) is 12.8 Å². The molecule has 0 saturated heterocycles. The molecule has 15 heavy (non-hydrogen) atoms. The summed E-state index contributed by atoms with van der Waals surface area (Å²) in [6.45, 7) is 5.54. The van der Waals surface area contributed by atoms with Crippen molar-refractivity contribution in [1.82, 2.24) is 4.90 Å². The first-order chi connectivity index (χ1) is 7.12. The van der Waals surface area contributed by atoms with Gasteiger partial charge in [0, 0.05) is 26.1 Å². The Bertz CT molecular complexity index is 217. The molecule has 0 radical (unpaired) electrons. The zero-order valence-electron chi connectivity index (χ0n) is 9.54. The predicted molar refractivity (Wildman–Crippen MR) is 66.9 cm³/mol. The molecule has 1 aliphatic carbocycles. The monoisotopic (exact) mass is 230 g/mol. The lowest BCUT2D eigenvalue weighted by Crippen LogP contribution is -2.33. The van der Waals surface area contributed by atoms with Crippen molar-refractivity contribution in [2.45, 2.75) is 32.6 Å². The van der Waals surface area contributed by atoms with E-state index in [1.54, 1.807) is 0 Å². The lowest BCUT2D eigenvalue weighted by molar-refractivity contribution is 0.201. The Morgan fingerprint density at radius 1 is 1.53 bits per heavy atom. The number of thiocarbonyl (C=S) groups is 1. The van der Waals surface area contributed by atoms with Gasteiger partial charge in [-0.05, 0) is 31.2 Å². The summed E-state index contributed by atoms with van der Waals surface area (Å²) in [5.74, 6) is 0. The number of aliphatic hydroxyl groups excluding tert-OH is 1. The Morgan fingerprint density at radius 3 is 2.60 bits per heavy atom. The molecule has 3 N–H and O–H groups in total. The predicted octanol–water partition coefficient (Wildman–Crippen LogP) is 1.15. The quantitative estimate of drug-likeness (QED) is 0.614. The molecule has 0 atom stereocenters. The summed E-state index contributed by atoms with van der Waals surface area (Å²) >= 11 is 4.98. The second kappa shape index (κ2) is 5.77. The van der Waals surface area contributed by atoms with Crippen LogP contribution in [0, 0.1) is 5.41 Å². The molecule has 0 aliphatic heterocycles. The average molecular weight is 230 g/mol. The highest BCUT2D eigenvalue weighted by atomic mass is 32.1. The summed E-state index contributed by atoms with van der Waals surface area (Å²) in [7, 11) is 0. The molecule has 1 aliphatic rings. The molecule has 4 heteroatoms. The first-order valence-electron chi connectivity index (χ1n) is 5.73. The molecule has 0 aromatic rings. The maximum absolute atomic E-state index is 8.80. The van der Waals surface area contributed by atoms with Gasteiger partial charge in [-0.2, -0.15) is 0 Å². The van der Waals surface area contributed by atoms with E-state index in [9.17, 15) is 0 Å². The fraction of sp³-hybridized carbons (Fsp3) is 0.909. The fourth-order valence-electron chi connectivity index (χ4n) is 2.05. The summed E-state index contributed by atoms with van der Waals surface area (Å²) in [5.41, 5.74) is 5.98. The van der Waals surface area contributed by atoms with Crippen LogP contribution in [0.25, 0.3) is 0 Å². The van der Waals surface area contributed by atoms with Crippen LogP contribution in [0.2, 0.25) is 0 Å². The van der Waals surface area contributed by atoms with Crippen molar-refractivity contribution in [3.8, 4) is 0 Å². The standard InChI is InChI=1S/C11H22N2OS/c1-2-13(6-3-7-14)9-11(4-5-11)8-10(12)15/h14H,2-9H2,1H3,(H2,12,15). The zero-order chi connectivity index (χ0) is 11.3. The van der Waals surface area contributed by atoms with Gasteiger partial charge in [-0.15, -0.1) is 0 Å². The first kappa shape index (κ1) is 12.9. The third-order valence-electron chi connectivity index (χ3n) is 3.15. The van der Waals surface area contributed by atoms with E-state index >= 15 is 0 Å². The van der Waals surface area contributed by atoms with Gasteiger partial charge in [0.15, 0.2) is 0 Å². The van der Waals surface area contributed by atoms with Crippen molar-refractivity contribution in [2.24, 2.45) is 11.1 Å². The summed E-state index contributed by atoms with van der Waals surface area (Å²) < 4.78 is 0. The summed E-state index contributed by atoms with van der Waals surface area (Å²) in [6, 6.07) is 0. The molecule has 88 valence electrons. The Morgan fingerprint density at radius 2 is 2.20 bits per heavy atom. The molecule has 3 nitrogen and oxygen atoms in total. The van der Waals surface area contributed by atoms with Crippen LogP contribution in [0.15, 0.2) is 0 Å². The Labute approximate surface area is 97.6 Å². The molecule has 1 fully saturated rings. The van der Waals surface area contributed by atoms with Gasteiger partial charge >= 0.3 is 0 Å². The van der Waals surface area contributed by atoms with Gasteiger partial charge in [-0.1, -0.05) is 19.1 Å². The molecule has 0 aromatic carbocycles. The van der Waals surface area contributed by atoms with Crippen molar-refractivity contribution in [3.63, 3.8) is 0 Å². The maximum Gasteiger partial charge on any atom is 0.0733 e. The maximum atomic E-state index is 8.80. The molecule has 0 heterocycles. The van der Waals surface area contributed by atoms with Gasteiger partial charge in [0.05, 0.1) is 4.99 Å². The van der Waals surface area contributed by atoms with Gasteiger partial charge in [0.1, 0.15) is 0 Å². The number of rotatable bonds is 8. The van der Waals surface area contributed by atoms with Crippen LogP contribution in [-0.4, -0.2) is 41.2 Å². The molecule has 0 unspecified atom stereocenters. The molecular weight excluding hydrogens is 208 g/mol. The van der Waals surface area contributed by atoms with Crippen molar-refractivity contribution >= 4 is 17.2 Å². The highest BCUT2D eigenvalue weighted by Gasteiger charge is 2.43. The summed E-state index contributed by atoms with van der Waals surface area (Å²) in [4.78, 5) is 3.03. The van der Waals surface area contributed by atoms with Crippen molar-refractivity contribution in [2.75, 3.05) is 26.2 Å². The SMILES string of the molecule is CCN(CCCO)CC1(CC(N)=S)CC1. The highest BCUT2D eigenvalue weighted by molar-refractivity contribution is 7.80. The van der Waals surface area contributed by atoms with Gasteiger partial charge in [0.25, 0.3) is 0 Å². The molecule has 0 aromatic heterocycles. The third-order valence-corrected chi connectivity index (χ3v) is 3.29. The minimum Gasteiger partial charge on any atom is -0.396 e. The molecular formula is C11H22N2OS. The van der Waals surface area contributed by atoms with Gasteiger partial charge < -0.3 is 15.7 Å². The first-order valence-corrected chi connectivity index (χ1v) is 6.14. The number of hydrogen-bond donors (Lipinski definition) is 2. The summed E-state index contributed by atoms with van der Waals surface area (Å²) in [5, 5.41) is 8.80. The summed E-state index contributed by atoms with van der Waals surface area (Å²) in [6.07, 6.45) is 4.24. The lowest BCUT2D eigenvalue weighted by atomic mass is 10.0. The van der Waals surface area contributed by atoms with Crippen LogP contribution >= 0.6 is 12.2 Å². The van der Waals surface area contributed by atoms with E-state index in [4.69, 9.17) is 23.1 Å². The van der Waals surface area contributed by atoms with Crippen LogP contribution in [0.3, 0.4) is 0 Å². The Hall–Kier alpha value is -0.190. The van der Waals surface area contributed by atoms with E-state index in [-0.39, 0.29) is 6.61 Å². The van der Waals surface area contributed by atoms with Crippen LogP contribution in [-0.2, 0) is 0 Å². The van der Waals surface area contributed by atoms with Crippen LogP contribution < -0.4 is 5.73 Å². The van der Waals surface area contributed by atoms with Crippen LogP contribution in [0.1, 0.15) is 32.6 Å². The normalized spacial score (nSPS) is 18.1. The van der Waals surface area contributed by atoms with Gasteiger partial charge in [-0.25, -0.2) is 0 Å². The number of nitrogens with two attached hydrogens (primary N) is 1. The van der Waals surface area contributed by atoms with Gasteiger partial charge in [-0.3, -0.25) is 0 Å². The zero-order valence-corrected chi connectivity index (χ0v) is 10.4. The Balaban J connectivity index is 2.33. The fourth-order valence-corrected chi connectivity index (χ4v) is 2.36. The molecule has 0 bridgehead atoms. The number of nitrogens with zero attached hydrogens (tertiary/aromatic N) is 1. The third kappa shape index (κ3) is 4.45. The van der Waals surface area contributed by atoms with E-state index in [0.717, 1.165) is 32.5 Å². The number of aliphatic hydroxyl groups is 1. The molecule has 1 saturated carbocycles. The van der Waals surface area contributed by atoms with Crippen LogP contribution in [0.4, 0.5) is 0 Å². The van der Waals surface area contributed by atoms with Crippen molar-refractivity contribution < 1.29 is 5.11 Å². The van der Waals surface area contributed by atoms with Crippen LogP contribution in [0.5, 0.6) is 0 Å². The largest absolute Gasteiger partial charge is 0.396 e. The lowest BCUT2D eigenvalue weighted by Gasteiger charge is -2.25. The molecule has 0 amide bonds. The van der Waals surface area contributed by atoms with E-state index in [0.29, 0.717) is 10.4 Å². The van der Waals surface area contributed by atoms with E-state index in [2.05, 4.69) is 11.8 Å². The molecule has 0 spiro atoms. The van der Waals surface area contributed by atoms with Crippen molar-refractivity contribution in [3.05, 3.63) is 0 Å². The van der Waals surface area contributed by atoms with E-state index < -0.39 is 0 Å². The highest BCUT2D eigenvalue weighted by Crippen LogP contribution is 2.49. The Kier molecular flexibility index (Phi) is 4.96. The second-order valence-electron chi connectivity index (χ2n) is 4.59. The van der Waals surface area contributed by atoms with E-state index in [1.807, 2.05) is 0 Å². The topological polar surface area (TPSA) is 49.5 Å². The minimum absolute atomic E-state index is 0.277. The number of hydrogen-bond acceptors (Lipinski definition) is 3. The van der Waals surface area contributed by atoms with Gasteiger partial charge in [0.2, 0.25) is 0 Å². The second-order valence-corrected chi connectivity index (χ2v) is 5.11.